The highest BCUT2D eigenvalue weighted by atomic mass is 16.5. The van der Waals surface area contributed by atoms with Crippen molar-refractivity contribution in [1.82, 2.24) is 14.9 Å². The Morgan fingerprint density at radius 2 is 1.92 bits per heavy atom. The molecule has 1 aliphatic rings. The zero-order valence-corrected chi connectivity index (χ0v) is 14.1. The predicted octanol–water partition coefficient (Wildman–Crippen LogP) is 0.233. The summed E-state index contributed by atoms with van der Waals surface area (Å²) in [6.45, 7) is 0.956. The number of ether oxygens (including phenoxy) is 2. The number of hydrogen-bond donors (Lipinski definition) is 1. The first-order chi connectivity index (χ1) is 12.1. The predicted molar refractivity (Wildman–Crippen MR) is 87.4 cm³/mol. The Hall–Kier alpha value is -2.71. The number of anilines is 1. The topological polar surface area (TPSA) is 111 Å². The monoisotopic (exact) mass is 350 g/mol. The van der Waals surface area contributed by atoms with E-state index in [1.807, 2.05) is 0 Å². The molecule has 0 radical (unpaired) electrons. The summed E-state index contributed by atoms with van der Waals surface area (Å²) in [5.41, 5.74) is 0. The van der Waals surface area contributed by atoms with E-state index < -0.39 is 5.97 Å². The van der Waals surface area contributed by atoms with Crippen molar-refractivity contribution in [2.45, 2.75) is 19.3 Å². The normalized spacial score (nSPS) is 14.7. The number of carbonyl (C=O) groups excluding carboxylic acids is 3. The smallest absolute Gasteiger partial charge is 0.308 e. The minimum absolute atomic E-state index is 0.107. The Morgan fingerprint density at radius 3 is 2.56 bits per heavy atom. The van der Waals surface area contributed by atoms with Gasteiger partial charge in [0, 0.05) is 32.0 Å². The number of nitrogens with zero attached hydrogens (tertiary/aromatic N) is 3. The SMILES string of the molecule is COC(=O)C1CCN(C(=O)COC(=O)CCNc2ncccn2)CC1. The van der Waals surface area contributed by atoms with Gasteiger partial charge in [0.25, 0.3) is 5.91 Å². The second-order valence-corrected chi connectivity index (χ2v) is 5.59. The van der Waals surface area contributed by atoms with E-state index in [4.69, 9.17) is 9.47 Å². The van der Waals surface area contributed by atoms with E-state index in [0.717, 1.165) is 0 Å². The van der Waals surface area contributed by atoms with Gasteiger partial charge in [-0.2, -0.15) is 0 Å². The lowest BCUT2D eigenvalue weighted by Crippen LogP contribution is -2.42. The van der Waals surface area contributed by atoms with Crippen LogP contribution in [0.2, 0.25) is 0 Å². The fraction of sp³-hybridized carbons (Fsp3) is 0.562. The van der Waals surface area contributed by atoms with E-state index in [9.17, 15) is 14.4 Å². The molecule has 9 heteroatoms. The van der Waals surface area contributed by atoms with Gasteiger partial charge in [-0.3, -0.25) is 14.4 Å². The molecule has 2 rings (SSSR count). The average Bonchev–Trinajstić information content (AvgIpc) is 2.66. The minimum atomic E-state index is -0.471. The number of aromatic nitrogens is 2. The van der Waals surface area contributed by atoms with Crippen molar-refractivity contribution >= 4 is 23.8 Å². The number of rotatable bonds is 7. The van der Waals surface area contributed by atoms with Crippen molar-refractivity contribution in [3.8, 4) is 0 Å². The molecule has 1 aromatic rings. The molecule has 0 aromatic carbocycles. The maximum absolute atomic E-state index is 12.0. The highest BCUT2D eigenvalue weighted by Gasteiger charge is 2.28. The summed E-state index contributed by atoms with van der Waals surface area (Å²) in [6, 6.07) is 1.69. The van der Waals surface area contributed by atoms with Gasteiger partial charge in [-0.25, -0.2) is 9.97 Å². The molecule has 1 N–H and O–H groups in total. The van der Waals surface area contributed by atoms with E-state index in [0.29, 0.717) is 38.4 Å². The van der Waals surface area contributed by atoms with Crippen molar-refractivity contribution in [2.24, 2.45) is 5.92 Å². The molecule has 25 heavy (non-hydrogen) atoms. The Balaban J connectivity index is 1.61. The molecule has 0 bridgehead atoms. The number of nitrogens with one attached hydrogen (secondary N) is 1. The third-order valence-corrected chi connectivity index (χ3v) is 3.92. The lowest BCUT2D eigenvalue weighted by Gasteiger charge is -2.30. The molecule has 1 fully saturated rings. The van der Waals surface area contributed by atoms with Gasteiger partial charge in [-0.05, 0) is 18.9 Å². The second kappa shape index (κ2) is 9.55. The highest BCUT2D eigenvalue weighted by Crippen LogP contribution is 2.18. The molecule has 136 valence electrons. The van der Waals surface area contributed by atoms with E-state index >= 15 is 0 Å². The summed E-state index contributed by atoms with van der Waals surface area (Å²) >= 11 is 0. The second-order valence-electron chi connectivity index (χ2n) is 5.59. The lowest BCUT2D eigenvalue weighted by molar-refractivity contribution is -0.154. The third kappa shape index (κ3) is 6.02. The molecule has 0 atom stereocenters. The summed E-state index contributed by atoms with van der Waals surface area (Å²) in [5, 5.41) is 2.89. The highest BCUT2D eigenvalue weighted by molar-refractivity contribution is 5.81. The van der Waals surface area contributed by atoms with Crippen LogP contribution in [0, 0.1) is 5.92 Å². The Bertz CT molecular complexity index is 587. The number of likely N-dealkylation sites (tertiary alicyclic amines) is 1. The van der Waals surface area contributed by atoms with Crippen LogP contribution in [-0.4, -0.2) is 66.1 Å². The summed E-state index contributed by atoms with van der Waals surface area (Å²) in [7, 11) is 1.36. The molecule has 1 saturated heterocycles. The maximum Gasteiger partial charge on any atom is 0.308 e. The van der Waals surface area contributed by atoms with Crippen molar-refractivity contribution in [3.63, 3.8) is 0 Å². The number of esters is 2. The van der Waals surface area contributed by atoms with E-state index in [2.05, 4.69) is 15.3 Å². The molecular formula is C16H22N4O5. The minimum Gasteiger partial charge on any atom is -0.469 e. The molecular weight excluding hydrogens is 328 g/mol. The molecule has 0 saturated carbocycles. The number of carbonyl (C=O) groups is 3. The Kier molecular flexibility index (Phi) is 7.12. The van der Waals surface area contributed by atoms with E-state index in [1.54, 1.807) is 23.4 Å². The van der Waals surface area contributed by atoms with Crippen LogP contribution in [0.5, 0.6) is 0 Å². The van der Waals surface area contributed by atoms with Crippen LogP contribution >= 0.6 is 0 Å². The maximum atomic E-state index is 12.0. The van der Waals surface area contributed by atoms with Crippen LogP contribution in [0.25, 0.3) is 0 Å². The fourth-order valence-corrected chi connectivity index (χ4v) is 2.50. The average molecular weight is 350 g/mol. The van der Waals surface area contributed by atoms with E-state index in [1.165, 1.54) is 7.11 Å². The van der Waals surface area contributed by atoms with Crippen LogP contribution in [0.1, 0.15) is 19.3 Å². The molecule has 1 amide bonds. The summed E-state index contributed by atoms with van der Waals surface area (Å²) < 4.78 is 9.70. The van der Waals surface area contributed by atoms with Gasteiger partial charge in [0.2, 0.25) is 5.95 Å². The largest absolute Gasteiger partial charge is 0.469 e. The first kappa shape index (κ1) is 18.6. The van der Waals surface area contributed by atoms with Crippen molar-refractivity contribution in [2.75, 3.05) is 38.7 Å². The zero-order chi connectivity index (χ0) is 18.1. The molecule has 1 aromatic heterocycles. The summed E-state index contributed by atoms with van der Waals surface area (Å²) in [4.78, 5) is 44.7. The Labute approximate surface area is 145 Å². The summed E-state index contributed by atoms with van der Waals surface area (Å²) in [5.74, 6) is -0.701. The zero-order valence-electron chi connectivity index (χ0n) is 14.1. The number of piperidine rings is 1. The van der Waals surface area contributed by atoms with Crippen LogP contribution in [0.4, 0.5) is 5.95 Å². The van der Waals surface area contributed by atoms with Crippen LogP contribution in [0.3, 0.4) is 0 Å². The molecule has 0 aliphatic carbocycles. The number of amides is 1. The van der Waals surface area contributed by atoms with Crippen molar-refractivity contribution < 1.29 is 23.9 Å². The van der Waals surface area contributed by atoms with E-state index in [-0.39, 0.29) is 30.8 Å². The standard InChI is InChI=1S/C16H22N4O5/c1-24-15(23)12-4-9-20(10-5-12)13(21)11-25-14(22)3-8-19-16-17-6-2-7-18-16/h2,6-7,12H,3-5,8-11H2,1H3,(H,17,18,19). The van der Waals surface area contributed by atoms with Crippen molar-refractivity contribution in [1.29, 1.82) is 0 Å². The van der Waals surface area contributed by atoms with Gasteiger partial charge < -0.3 is 19.7 Å². The van der Waals surface area contributed by atoms with Gasteiger partial charge in [0.05, 0.1) is 19.4 Å². The number of hydrogen-bond acceptors (Lipinski definition) is 8. The fourth-order valence-electron chi connectivity index (χ4n) is 2.50. The molecule has 2 heterocycles. The van der Waals surface area contributed by atoms with Gasteiger partial charge in [0.15, 0.2) is 6.61 Å². The van der Waals surface area contributed by atoms with Crippen LogP contribution in [-0.2, 0) is 23.9 Å². The van der Waals surface area contributed by atoms with Crippen LogP contribution in [0.15, 0.2) is 18.5 Å². The van der Waals surface area contributed by atoms with Gasteiger partial charge in [-0.1, -0.05) is 0 Å². The molecule has 9 nitrogen and oxygen atoms in total. The van der Waals surface area contributed by atoms with Crippen molar-refractivity contribution in [3.05, 3.63) is 18.5 Å². The Morgan fingerprint density at radius 1 is 1.24 bits per heavy atom. The lowest BCUT2D eigenvalue weighted by atomic mass is 9.97. The first-order valence-corrected chi connectivity index (χ1v) is 8.12. The first-order valence-electron chi connectivity index (χ1n) is 8.12. The van der Waals surface area contributed by atoms with Gasteiger partial charge in [-0.15, -0.1) is 0 Å². The molecule has 0 unspecified atom stereocenters. The molecule has 1 aliphatic heterocycles. The summed E-state index contributed by atoms with van der Waals surface area (Å²) in [6.07, 6.45) is 4.42. The molecule has 0 spiro atoms. The van der Waals surface area contributed by atoms with Gasteiger partial charge >= 0.3 is 11.9 Å². The third-order valence-electron chi connectivity index (χ3n) is 3.92. The number of methoxy groups -OCH3 is 1. The van der Waals surface area contributed by atoms with Crippen LogP contribution < -0.4 is 5.32 Å². The quantitative estimate of drug-likeness (QED) is 0.696. The van der Waals surface area contributed by atoms with Gasteiger partial charge in [0.1, 0.15) is 0 Å².